The van der Waals surface area contributed by atoms with Crippen LogP contribution in [0.25, 0.3) is 15.9 Å². The highest BCUT2D eigenvalue weighted by Gasteiger charge is 2.28. The smallest absolute Gasteiger partial charge is 0.229 e. The Morgan fingerprint density at radius 2 is 1.82 bits per heavy atom. The van der Waals surface area contributed by atoms with E-state index in [-0.39, 0.29) is 15.6 Å². The Kier molecular flexibility index (Phi) is 4.46. The Bertz CT molecular complexity index is 1280. The minimum atomic E-state index is -3.87. The second kappa shape index (κ2) is 6.87. The molecule has 0 saturated carbocycles. The lowest BCUT2D eigenvalue weighted by Crippen LogP contribution is -2.33. The first kappa shape index (κ1) is 18.2. The molecule has 1 saturated heterocycles. The molecule has 1 aromatic carbocycles. The maximum atomic E-state index is 13.2. The number of benzene rings is 1. The van der Waals surface area contributed by atoms with Gasteiger partial charge in [-0.3, -0.25) is 0 Å². The van der Waals surface area contributed by atoms with Crippen molar-refractivity contribution in [2.24, 2.45) is 0 Å². The summed E-state index contributed by atoms with van der Waals surface area (Å²) in [5.41, 5.74) is 1.06. The molecule has 11 heteroatoms. The van der Waals surface area contributed by atoms with Gasteiger partial charge in [0.25, 0.3) is 0 Å². The first-order chi connectivity index (χ1) is 13.6. The SMILES string of the molecule is O=S(=O)(c1ccc(Cl)cc1)c1nnn2c1nc(N1CCSCC1)c1sccc12. The van der Waals surface area contributed by atoms with Crippen LogP contribution in [0.3, 0.4) is 0 Å². The van der Waals surface area contributed by atoms with Gasteiger partial charge >= 0.3 is 0 Å². The Balaban J connectivity index is 1.74. The zero-order valence-electron chi connectivity index (χ0n) is 14.4. The molecule has 0 unspecified atom stereocenters. The number of thiophene rings is 1. The summed E-state index contributed by atoms with van der Waals surface area (Å²) in [6, 6.07) is 7.94. The summed E-state index contributed by atoms with van der Waals surface area (Å²) >= 11 is 9.38. The van der Waals surface area contributed by atoms with E-state index in [2.05, 4.69) is 15.2 Å². The van der Waals surface area contributed by atoms with Gasteiger partial charge in [0, 0.05) is 29.6 Å². The van der Waals surface area contributed by atoms with Crippen LogP contribution in [-0.2, 0) is 9.84 Å². The summed E-state index contributed by atoms with van der Waals surface area (Å²) < 4.78 is 28.8. The van der Waals surface area contributed by atoms with Crippen molar-refractivity contribution in [2.45, 2.75) is 9.92 Å². The van der Waals surface area contributed by atoms with Crippen LogP contribution < -0.4 is 4.90 Å². The second-order valence-electron chi connectivity index (χ2n) is 6.26. The monoisotopic (exact) mass is 451 g/mol. The maximum absolute atomic E-state index is 13.2. The maximum Gasteiger partial charge on any atom is 0.229 e. The highest BCUT2D eigenvalue weighted by Crippen LogP contribution is 2.34. The molecular weight excluding hydrogens is 438 g/mol. The van der Waals surface area contributed by atoms with Gasteiger partial charge in [0.1, 0.15) is 0 Å². The van der Waals surface area contributed by atoms with Crippen LogP contribution in [0, 0.1) is 0 Å². The Morgan fingerprint density at radius 3 is 2.57 bits per heavy atom. The van der Waals surface area contributed by atoms with Crippen molar-refractivity contribution in [2.75, 3.05) is 29.5 Å². The largest absolute Gasteiger partial charge is 0.354 e. The van der Waals surface area contributed by atoms with Crippen molar-refractivity contribution < 1.29 is 8.42 Å². The molecule has 0 amide bonds. The third kappa shape index (κ3) is 2.86. The molecule has 0 aliphatic carbocycles. The zero-order valence-corrected chi connectivity index (χ0v) is 17.7. The molecule has 1 aliphatic heterocycles. The van der Waals surface area contributed by atoms with E-state index >= 15 is 0 Å². The molecule has 144 valence electrons. The van der Waals surface area contributed by atoms with Gasteiger partial charge in [0.2, 0.25) is 14.9 Å². The predicted molar refractivity (Wildman–Crippen MR) is 113 cm³/mol. The van der Waals surface area contributed by atoms with Gasteiger partial charge in [-0.05, 0) is 35.7 Å². The van der Waals surface area contributed by atoms with E-state index in [1.807, 2.05) is 23.2 Å². The third-order valence-electron chi connectivity index (χ3n) is 4.59. The topological polar surface area (TPSA) is 80.5 Å². The van der Waals surface area contributed by atoms with Crippen LogP contribution in [0.15, 0.2) is 45.6 Å². The van der Waals surface area contributed by atoms with E-state index in [9.17, 15) is 8.42 Å². The minimum Gasteiger partial charge on any atom is -0.354 e. The van der Waals surface area contributed by atoms with Crippen LogP contribution in [0.4, 0.5) is 5.82 Å². The van der Waals surface area contributed by atoms with Gasteiger partial charge in [-0.25, -0.2) is 13.4 Å². The molecule has 28 heavy (non-hydrogen) atoms. The van der Waals surface area contributed by atoms with Crippen molar-refractivity contribution >= 4 is 66.2 Å². The Labute approximate surface area is 174 Å². The molecule has 0 bridgehead atoms. The molecule has 0 N–H and O–H groups in total. The highest BCUT2D eigenvalue weighted by molar-refractivity contribution is 7.99. The highest BCUT2D eigenvalue weighted by atomic mass is 35.5. The Morgan fingerprint density at radius 1 is 1.07 bits per heavy atom. The molecule has 1 fully saturated rings. The van der Waals surface area contributed by atoms with Gasteiger partial charge in [-0.1, -0.05) is 16.8 Å². The zero-order chi connectivity index (χ0) is 19.3. The molecule has 1 aliphatic rings. The fourth-order valence-corrected chi connectivity index (χ4v) is 6.35. The third-order valence-corrected chi connectivity index (χ3v) is 8.35. The Hall–Kier alpha value is -1.88. The van der Waals surface area contributed by atoms with Crippen molar-refractivity contribution in [3.8, 4) is 0 Å². The predicted octanol–water partition coefficient (Wildman–Crippen LogP) is 3.38. The lowest BCUT2D eigenvalue weighted by atomic mass is 10.4. The van der Waals surface area contributed by atoms with Gasteiger partial charge in [0.15, 0.2) is 11.5 Å². The molecule has 5 rings (SSSR count). The summed E-state index contributed by atoms with van der Waals surface area (Å²) in [6.07, 6.45) is 0. The number of nitrogens with zero attached hydrogens (tertiary/aromatic N) is 5. The number of fused-ring (bicyclic) bond motifs is 3. The summed E-state index contributed by atoms with van der Waals surface area (Å²) in [7, 11) is -3.87. The number of rotatable bonds is 3. The lowest BCUT2D eigenvalue weighted by Gasteiger charge is -2.27. The van der Waals surface area contributed by atoms with Crippen LogP contribution in [0.5, 0.6) is 0 Å². The summed E-state index contributed by atoms with van der Waals surface area (Å²) in [5, 5.41) is 10.4. The quantitative estimate of drug-likeness (QED) is 0.472. The molecular formula is C17H14ClN5O2S3. The van der Waals surface area contributed by atoms with Crippen LogP contribution in [-0.4, -0.2) is 52.8 Å². The van der Waals surface area contributed by atoms with Gasteiger partial charge in [0.05, 0.1) is 15.1 Å². The average Bonchev–Trinajstić information content (AvgIpc) is 3.35. The summed E-state index contributed by atoms with van der Waals surface area (Å²) in [4.78, 5) is 7.05. The van der Waals surface area contributed by atoms with E-state index in [1.54, 1.807) is 23.5 Å². The molecule has 4 heterocycles. The first-order valence-electron chi connectivity index (χ1n) is 8.52. The van der Waals surface area contributed by atoms with E-state index in [1.165, 1.54) is 16.6 Å². The van der Waals surface area contributed by atoms with Gasteiger partial charge in [-0.15, -0.1) is 16.4 Å². The number of aromatic nitrogens is 4. The number of hydrogen-bond acceptors (Lipinski definition) is 8. The normalized spacial score (nSPS) is 15.5. The van der Waals surface area contributed by atoms with Crippen molar-refractivity contribution in [3.63, 3.8) is 0 Å². The number of halogens is 1. The van der Waals surface area contributed by atoms with Crippen LogP contribution in [0.2, 0.25) is 5.02 Å². The van der Waals surface area contributed by atoms with E-state index in [0.29, 0.717) is 5.02 Å². The lowest BCUT2D eigenvalue weighted by molar-refractivity contribution is 0.592. The number of sulfone groups is 1. The van der Waals surface area contributed by atoms with E-state index < -0.39 is 9.84 Å². The van der Waals surface area contributed by atoms with E-state index in [0.717, 1.165) is 40.6 Å². The van der Waals surface area contributed by atoms with Gasteiger partial charge in [-0.2, -0.15) is 16.3 Å². The van der Waals surface area contributed by atoms with E-state index in [4.69, 9.17) is 16.6 Å². The van der Waals surface area contributed by atoms with Crippen molar-refractivity contribution in [1.29, 1.82) is 0 Å². The van der Waals surface area contributed by atoms with Crippen LogP contribution in [0.1, 0.15) is 0 Å². The molecule has 7 nitrogen and oxygen atoms in total. The summed E-state index contributed by atoms with van der Waals surface area (Å²) in [5.74, 6) is 2.84. The van der Waals surface area contributed by atoms with Crippen molar-refractivity contribution in [3.05, 3.63) is 40.7 Å². The first-order valence-corrected chi connectivity index (χ1v) is 12.4. The molecule has 0 radical (unpaired) electrons. The molecule has 4 aromatic rings. The minimum absolute atomic E-state index is 0.113. The van der Waals surface area contributed by atoms with Gasteiger partial charge < -0.3 is 4.90 Å². The number of thioether (sulfide) groups is 1. The molecule has 3 aromatic heterocycles. The molecule has 0 atom stereocenters. The standard InChI is InChI=1S/C17H14ClN5O2S3/c18-11-1-3-12(4-2-11)28(24,25)17-16-19-15(22-6-9-26-10-7-22)14-13(5-8-27-14)23(16)21-20-17/h1-5,8H,6-7,9-10H2. The number of anilines is 1. The second-order valence-corrected chi connectivity index (χ2v) is 10.7. The number of hydrogen-bond donors (Lipinski definition) is 0. The summed E-state index contributed by atoms with van der Waals surface area (Å²) in [6.45, 7) is 1.75. The fourth-order valence-electron chi connectivity index (χ4n) is 3.20. The fraction of sp³-hybridized carbons (Fsp3) is 0.235. The van der Waals surface area contributed by atoms with Crippen molar-refractivity contribution in [1.82, 2.24) is 19.8 Å². The van der Waals surface area contributed by atoms with Crippen LogP contribution >= 0.6 is 34.7 Å². The molecule has 0 spiro atoms. The average molecular weight is 452 g/mol.